The highest BCUT2D eigenvalue weighted by atomic mass is 79.9. The van der Waals surface area contributed by atoms with Gasteiger partial charge in [-0.2, -0.15) is 5.10 Å². The van der Waals surface area contributed by atoms with Gasteiger partial charge in [0.15, 0.2) is 0 Å². The van der Waals surface area contributed by atoms with Crippen LogP contribution < -0.4 is 11.1 Å². The number of amides is 1. The Balaban J connectivity index is 2.81. The van der Waals surface area contributed by atoms with Crippen LogP contribution in [0.15, 0.2) is 16.9 Å². The quantitative estimate of drug-likeness (QED) is 0.841. The number of aromatic nitrogens is 2. The number of nitrogens with zero attached hydrogens (tertiary/aromatic N) is 2. The third-order valence-corrected chi connectivity index (χ3v) is 3.29. The summed E-state index contributed by atoms with van der Waals surface area (Å²) in [6, 6.07) is 0.277. The number of primary amides is 1. The van der Waals surface area contributed by atoms with Crippen LogP contribution in [0.5, 0.6) is 0 Å². The van der Waals surface area contributed by atoms with Crippen molar-refractivity contribution in [2.45, 2.75) is 51.7 Å². The second-order valence-corrected chi connectivity index (χ2v) is 6.10. The summed E-state index contributed by atoms with van der Waals surface area (Å²) in [5.74, 6) is -0.339. The fourth-order valence-corrected chi connectivity index (χ4v) is 2.41. The molecule has 102 valence electrons. The maximum Gasteiger partial charge on any atom is 0.237 e. The Kier molecular flexibility index (Phi) is 4.92. The Hall–Kier alpha value is -0.880. The monoisotopic (exact) mass is 316 g/mol. The normalized spacial score (nSPS) is 16.6. The molecule has 0 aromatic carbocycles. The molecule has 0 aliphatic heterocycles. The van der Waals surface area contributed by atoms with Gasteiger partial charge in [-0.3, -0.25) is 9.48 Å². The van der Waals surface area contributed by atoms with Crippen LogP contribution in [0.1, 0.15) is 40.2 Å². The number of hydrogen-bond acceptors (Lipinski definition) is 3. The molecule has 18 heavy (non-hydrogen) atoms. The van der Waals surface area contributed by atoms with Crippen molar-refractivity contribution in [3.8, 4) is 0 Å². The molecule has 5 nitrogen and oxygen atoms in total. The Labute approximate surface area is 116 Å². The van der Waals surface area contributed by atoms with Crippen molar-refractivity contribution in [3.63, 3.8) is 0 Å². The summed E-state index contributed by atoms with van der Waals surface area (Å²) in [7, 11) is 0. The molecule has 0 radical (unpaired) electrons. The second-order valence-electron chi connectivity index (χ2n) is 5.19. The molecule has 1 aromatic heterocycles. The van der Waals surface area contributed by atoms with Gasteiger partial charge < -0.3 is 11.1 Å². The fourth-order valence-electron chi connectivity index (χ4n) is 2.11. The van der Waals surface area contributed by atoms with Crippen LogP contribution in [0.3, 0.4) is 0 Å². The van der Waals surface area contributed by atoms with Crippen LogP contribution in [-0.2, 0) is 4.79 Å². The summed E-state index contributed by atoms with van der Waals surface area (Å²) in [5, 5.41) is 7.46. The average molecular weight is 317 g/mol. The summed E-state index contributed by atoms with van der Waals surface area (Å²) in [6.07, 6.45) is 4.21. The largest absolute Gasteiger partial charge is 0.368 e. The molecule has 0 bridgehead atoms. The molecule has 0 saturated carbocycles. The van der Waals surface area contributed by atoms with Gasteiger partial charge in [0.1, 0.15) is 0 Å². The van der Waals surface area contributed by atoms with E-state index in [1.807, 2.05) is 38.6 Å². The van der Waals surface area contributed by atoms with Crippen LogP contribution in [0.2, 0.25) is 0 Å². The highest BCUT2D eigenvalue weighted by Crippen LogP contribution is 2.22. The van der Waals surface area contributed by atoms with Crippen molar-refractivity contribution in [1.29, 1.82) is 0 Å². The maximum atomic E-state index is 11.6. The second kappa shape index (κ2) is 5.84. The van der Waals surface area contributed by atoms with E-state index >= 15 is 0 Å². The van der Waals surface area contributed by atoms with Crippen LogP contribution in [0, 0.1) is 0 Å². The van der Waals surface area contributed by atoms with Gasteiger partial charge in [-0.15, -0.1) is 0 Å². The van der Waals surface area contributed by atoms with Crippen molar-refractivity contribution >= 4 is 21.8 Å². The lowest BCUT2D eigenvalue weighted by molar-refractivity contribution is -0.124. The molecular weight excluding hydrogens is 296 g/mol. The van der Waals surface area contributed by atoms with Crippen LogP contribution in [-0.4, -0.2) is 27.3 Å². The van der Waals surface area contributed by atoms with E-state index in [2.05, 4.69) is 26.3 Å². The number of rotatable bonds is 6. The fraction of sp³-hybridized carbons (Fsp3) is 0.667. The summed E-state index contributed by atoms with van der Waals surface area (Å²) >= 11 is 3.36. The Morgan fingerprint density at radius 2 is 2.22 bits per heavy atom. The molecule has 6 heteroatoms. The predicted octanol–water partition coefficient (Wildman–Crippen LogP) is 1.84. The highest BCUT2D eigenvalue weighted by molar-refractivity contribution is 9.10. The average Bonchev–Trinajstić information content (AvgIpc) is 2.63. The first-order chi connectivity index (χ1) is 8.24. The molecule has 1 amide bonds. The maximum absolute atomic E-state index is 11.6. The van der Waals surface area contributed by atoms with Crippen molar-refractivity contribution in [1.82, 2.24) is 15.1 Å². The Bertz CT molecular complexity index is 418. The molecule has 0 aliphatic rings. The zero-order chi connectivity index (χ0) is 13.9. The Morgan fingerprint density at radius 1 is 1.61 bits per heavy atom. The third kappa shape index (κ3) is 3.81. The zero-order valence-electron chi connectivity index (χ0n) is 11.3. The van der Waals surface area contributed by atoms with Gasteiger partial charge in [0, 0.05) is 12.2 Å². The smallest absolute Gasteiger partial charge is 0.237 e. The van der Waals surface area contributed by atoms with Crippen molar-refractivity contribution in [2.24, 2.45) is 5.73 Å². The zero-order valence-corrected chi connectivity index (χ0v) is 12.9. The molecule has 1 aromatic rings. The number of nitrogens with one attached hydrogen (secondary N) is 1. The number of nitrogens with two attached hydrogens (primary N) is 1. The van der Waals surface area contributed by atoms with Gasteiger partial charge in [-0.05, 0) is 50.0 Å². The van der Waals surface area contributed by atoms with Crippen LogP contribution in [0.4, 0.5) is 0 Å². The van der Waals surface area contributed by atoms with E-state index in [1.165, 1.54) is 0 Å². The first-order valence-electron chi connectivity index (χ1n) is 6.02. The minimum absolute atomic E-state index is 0.0834. The highest BCUT2D eigenvalue weighted by Gasteiger charge is 2.33. The minimum atomic E-state index is -0.730. The molecule has 2 atom stereocenters. The minimum Gasteiger partial charge on any atom is -0.368 e. The lowest BCUT2D eigenvalue weighted by Crippen LogP contribution is -2.56. The van der Waals surface area contributed by atoms with E-state index in [1.54, 1.807) is 6.20 Å². The lowest BCUT2D eigenvalue weighted by atomic mass is 9.92. The molecule has 0 aliphatic carbocycles. The van der Waals surface area contributed by atoms with Gasteiger partial charge in [-0.1, -0.05) is 0 Å². The van der Waals surface area contributed by atoms with E-state index in [9.17, 15) is 4.79 Å². The van der Waals surface area contributed by atoms with E-state index in [4.69, 9.17) is 5.73 Å². The molecule has 0 saturated heterocycles. The number of carbonyl (C=O) groups is 1. The number of halogens is 1. The molecule has 3 N–H and O–H groups in total. The van der Waals surface area contributed by atoms with E-state index in [0.29, 0.717) is 6.42 Å². The van der Waals surface area contributed by atoms with Crippen molar-refractivity contribution in [3.05, 3.63) is 16.9 Å². The van der Waals surface area contributed by atoms with Gasteiger partial charge in [-0.25, -0.2) is 0 Å². The van der Waals surface area contributed by atoms with E-state index in [0.717, 1.165) is 4.47 Å². The van der Waals surface area contributed by atoms with Crippen LogP contribution in [0.25, 0.3) is 0 Å². The molecule has 0 spiro atoms. The molecule has 2 unspecified atom stereocenters. The van der Waals surface area contributed by atoms with E-state index in [-0.39, 0.29) is 18.0 Å². The summed E-state index contributed by atoms with van der Waals surface area (Å²) in [4.78, 5) is 11.6. The molecule has 0 fully saturated rings. The standard InChI is InChI=1S/C12H21BrN4O/c1-8(2)16-12(4,11(14)18)5-9(3)17-7-10(13)6-15-17/h6-9,16H,5H2,1-4H3,(H2,14,18). The Morgan fingerprint density at radius 3 is 2.61 bits per heavy atom. The van der Waals surface area contributed by atoms with Crippen molar-refractivity contribution < 1.29 is 4.79 Å². The molecule has 1 heterocycles. The van der Waals surface area contributed by atoms with Crippen molar-refractivity contribution in [2.75, 3.05) is 0 Å². The molecular formula is C12H21BrN4O. The van der Waals surface area contributed by atoms with Gasteiger partial charge in [0.25, 0.3) is 0 Å². The topological polar surface area (TPSA) is 72.9 Å². The van der Waals surface area contributed by atoms with Gasteiger partial charge in [0.05, 0.1) is 22.3 Å². The van der Waals surface area contributed by atoms with Gasteiger partial charge >= 0.3 is 0 Å². The summed E-state index contributed by atoms with van der Waals surface area (Å²) in [5.41, 5.74) is 4.78. The van der Waals surface area contributed by atoms with Crippen LogP contribution >= 0.6 is 15.9 Å². The first kappa shape index (κ1) is 15.2. The summed E-state index contributed by atoms with van der Waals surface area (Å²) < 4.78 is 2.75. The number of carbonyl (C=O) groups excluding carboxylic acids is 1. The van der Waals surface area contributed by atoms with Gasteiger partial charge in [0.2, 0.25) is 5.91 Å². The SMILES string of the molecule is CC(C)NC(C)(CC(C)n1cc(Br)cn1)C(N)=O. The van der Waals surface area contributed by atoms with E-state index < -0.39 is 5.54 Å². The summed E-state index contributed by atoms with van der Waals surface area (Å²) in [6.45, 7) is 7.85. The lowest BCUT2D eigenvalue weighted by Gasteiger charge is -2.32. The number of hydrogen-bond donors (Lipinski definition) is 2. The predicted molar refractivity (Wildman–Crippen MR) is 75.1 cm³/mol. The third-order valence-electron chi connectivity index (χ3n) is 2.88. The first-order valence-corrected chi connectivity index (χ1v) is 6.81. The molecule has 1 rings (SSSR count).